The summed E-state index contributed by atoms with van der Waals surface area (Å²) in [6, 6.07) is 8.31. The molecule has 3 aromatic rings. The molecule has 0 bridgehead atoms. The van der Waals surface area contributed by atoms with Crippen LogP contribution in [0.3, 0.4) is 0 Å². The van der Waals surface area contributed by atoms with Crippen LogP contribution in [-0.2, 0) is 0 Å². The van der Waals surface area contributed by atoms with Crippen molar-refractivity contribution in [1.82, 2.24) is 0 Å². The predicted octanol–water partition coefficient (Wildman–Crippen LogP) is 5.76. The number of rotatable bonds is 4. The Morgan fingerprint density at radius 3 is 2.62 bits per heavy atom. The quantitative estimate of drug-likeness (QED) is 0.595. The van der Waals surface area contributed by atoms with E-state index in [4.69, 9.17) is 4.74 Å². The van der Waals surface area contributed by atoms with Crippen molar-refractivity contribution >= 4 is 31.5 Å². The molecule has 2 aromatic carbocycles. The average Bonchev–Trinajstić information content (AvgIpc) is 2.87. The van der Waals surface area contributed by atoms with Gasteiger partial charge in [0.15, 0.2) is 11.6 Å². The van der Waals surface area contributed by atoms with Crippen LogP contribution in [0.2, 0.25) is 0 Å². The minimum absolute atomic E-state index is 0.245. The fourth-order valence-corrected chi connectivity index (χ4v) is 3.37. The fraction of sp³-hybridized carbons (Fsp3) is 0.294. The molecule has 0 amide bonds. The van der Waals surface area contributed by atoms with Crippen LogP contribution < -0.4 is 4.74 Å². The first-order valence-electron chi connectivity index (χ1n) is 7.03. The van der Waals surface area contributed by atoms with Gasteiger partial charge in [0, 0.05) is 10.8 Å². The first-order chi connectivity index (χ1) is 10.1. The molecule has 0 spiro atoms. The zero-order chi connectivity index (χ0) is 15.0. The normalized spacial score (nSPS) is 13.0. The lowest BCUT2D eigenvalue weighted by molar-refractivity contribution is 0.247. The maximum absolute atomic E-state index is 14.6. The van der Waals surface area contributed by atoms with E-state index in [0.717, 1.165) is 28.5 Å². The molecule has 0 aliphatic carbocycles. The second kappa shape index (κ2) is 5.60. The summed E-state index contributed by atoms with van der Waals surface area (Å²) >= 11 is 1.14. The van der Waals surface area contributed by atoms with Gasteiger partial charge in [0.1, 0.15) is 5.82 Å². The molecule has 4 heteroatoms. The standard InChI is InChI=1S/C17H16F2OS/c1-3-10(2)9-20-14-8-7-12-11-5-4-6-13(18)16(11)21-17(12)15(14)19/h4-8,10H,3,9H2,1-2H3. The highest BCUT2D eigenvalue weighted by Crippen LogP contribution is 2.39. The van der Waals surface area contributed by atoms with Gasteiger partial charge in [0.2, 0.25) is 0 Å². The van der Waals surface area contributed by atoms with Gasteiger partial charge in [-0.1, -0.05) is 32.4 Å². The van der Waals surface area contributed by atoms with Crippen molar-refractivity contribution in [2.45, 2.75) is 20.3 Å². The number of halogens is 2. The summed E-state index contributed by atoms with van der Waals surface area (Å²) in [6.45, 7) is 4.62. The lowest BCUT2D eigenvalue weighted by Gasteiger charge is -2.11. The van der Waals surface area contributed by atoms with Crippen molar-refractivity contribution in [3.63, 3.8) is 0 Å². The Morgan fingerprint density at radius 1 is 1.10 bits per heavy atom. The Bertz CT molecular complexity index is 794. The largest absolute Gasteiger partial charge is 0.490 e. The molecule has 0 radical (unpaired) electrons. The highest BCUT2D eigenvalue weighted by Gasteiger charge is 2.16. The Kier molecular flexibility index (Phi) is 3.81. The van der Waals surface area contributed by atoms with Gasteiger partial charge in [-0.25, -0.2) is 8.78 Å². The highest BCUT2D eigenvalue weighted by atomic mass is 32.1. The Balaban J connectivity index is 2.08. The lowest BCUT2D eigenvalue weighted by Crippen LogP contribution is -2.08. The van der Waals surface area contributed by atoms with Gasteiger partial charge < -0.3 is 4.74 Å². The predicted molar refractivity (Wildman–Crippen MR) is 84.2 cm³/mol. The molecule has 0 aliphatic heterocycles. The first-order valence-corrected chi connectivity index (χ1v) is 7.85. The van der Waals surface area contributed by atoms with Crippen LogP contribution in [-0.4, -0.2) is 6.61 Å². The number of fused-ring (bicyclic) bond motifs is 3. The smallest absolute Gasteiger partial charge is 0.182 e. The Labute approximate surface area is 126 Å². The summed E-state index contributed by atoms with van der Waals surface area (Å²) in [6.07, 6.45) is 0.984. The van der Waals surface area contributed by atoms with Gasteiger partial charge in [0.05, 0.1) is 16.0 Å². The fourth-order valence-electron chi connectivity index (χ4n) is 2.24. The van der Waals surface area contributed by atoms with Crippen molar-refractivity contribution in [3.05, 3.63) is 42.0 Å². The maximum atomic E-state index is 14.6. The average molecular weight is 306 g/mol. The van der Waals surface area contributed by atoms with E-state index in [-0.39, 0.29) is 11.6 Å². The van der Waals surface area contributed by atoms with Crippen LogP contribution in [0, 0.1) is 17.6 Å². The SMILES string of the molecule is CCC(C)COc1ccc2c(sc3c(F)cccc32)c1F. The third-order valence-electron chi connectivity index (χ3n) is 3.74. The Morgan fingerprint density at radius 2 is 1.86 bits per heavy atom. The Hall–Kier alpha value is -1.68. The minimum atomic E-state index is -0.392. The van der Waals surface area contributed by atoms with Gasteiger partial charge in [-0.3, -0.25) is 0 Å². The molecule has 1 aromatic heterocycles. The second-order valence-corrected chi connectivity index (χ2v) is 6.32. The van der Waals surface area contributed by atoms with E-state index in [2.05, 4.69) is 13.8 Å². The number of hydrogen-bond donors (Lipinski definition) is 0. The molecule has 0 fully saturated rings. The summed E-state index contributed by atoms with van der Waals surface area (Å²) < 4.78 is 34.9. The van der Waals surface area contributed by atoms with Crippen LogP contribution in [0.4, 0.5) is 8.78 Å². The molecule has 0 N–H and O–H groups in total. The number of thiophene rings is 1. The molecule has 21 heavy (non-hydrogen) atoms. The van der Waals surface area contributed by atoms with Gasteiger partial charge in [-0.05, 0) is 24.1 Å². The number of hydrogen-bond acceptors (Lipinski definition) is 2. The second-order valence-electron chi connectivity index (χ2n) is 5.30. The van der Waals surface area contributed by atoms with Gasteiger partial charge in [0.25, 0.3) is 0 Å². The van der Waals surface area contributed by atoms with Gasteiger partial charge >= 0.3 is 0 Å². The molecular formula is C17H16F2OS. The van der Waals surface area contributed by atoms with E-state index < -0.39 is 5.82 Å². The molecule has 0 saturated carbocycles. The summed E-state index contributed by atoms with van der Waals surface area (Å²) in [5, 5.41) is 1.49. The molecule has 0 saturated heterocycles. The summed E-state index contributed by atoms with van der Waals surface area (Å²) in [5.74, 6) is -0.0821. The molecule has 1 unspecified atom stereocenters. The summed E-state index contributed by atoms with van der Waals surface area (Å²) in [7, 11) is 0. The van der Waals surface area contributed by atoms with Gasteiger partial charge in [-0.15, -0.1) is 11.3 Å². The van der Waals surface area contributed by atoms with Crippen molar-refractivity contribution in [2.24, 2.45) is 5.92 Å². The van der Waals surface area contributed by atoms with Crippen molar-refractivity contribution in [1.29, 1.82) is 0 Å². The summed E-state index contributed by atoms with van der Waals surface area (Å²) in [4.78, 5) is 0. The third kappa shape index (κ3) is 2.48. The maximum Gasteiger partial charge on any atom is 0.182 e. The minimum Gasteiger partial charge on any atom is -0.490 e. The molecule has 1 atom stereocenters. The van der Waals surface area contributed by atoms with E-state index in [1.165, 1.54) is 6.07 Å². The van der Waals surface area contributed by atoms with Crippen LogP contribution in [0.5, 0.6) is 5.75 Å². The van der Waals surface area contributed by atoms with E-state index in [1.807, 2.05) is 12.1 Å². The van der Waals surface area contributed by atoms with E-state index >= 15 is 0 Å². The van der Waals surface area contributed by atoms with E-state index in [0.29, 0.717) is 21.9 Å². The first kappa shape index (κ1) is 14.3. The lowest BCUT2D eigenvalue weighted by atomic mass is 10.1. The van der Waals surface area contributed by atoms with Crippen LogP contribution in [0.1, 0.15) is 20.3 Å². The summed E-state index contributed by atoms with van der Waals surface area (Å²) in [5.41, 5.74) is 0. The van der Waals surface area contributed by atoms with Crippen LogP contribution >= 0.6 is 11.3 Å². The molecule has 3 rings (SSSR count). The molecule has 0 aliphatic rings. The van der Waals surface area contributed by atoms with Crippen LogP contribution in [0.25, 0.3) is 20.2 Å². The van der Waals surface area contributed by atoms with E-state index in [9.17, 15) is 8.78 Å². The van der Waals surface area contributed by atoms with Crippen LogP contribution in [0.15, 0.2) is 30.3 Å². The van der Waals surface area contributed by atoms with Crippen molar-refractivity contribution in [3.8, 4) is 5.75 Å². The zero-order valence-electron chi connectivity index (χ0n) is 12.0. The topological polar surface area (TPSA) is 9.23 Å². The van der Waals surface area contributed by atoms with Crippen molar-refractivity contribution in [2.75, 3.05) is 6.61 Å². The third-order valence-corrected chi connectivity index (χ3v) is 4.97. The molecular weight excluding hydrogens is 290 g/mol. The highest BCUT2D eigenvalue weighted by molar-refractivity contribution is 7.25. The van der Waals surface area contributed by atoms with Crippen molar-refractivity contribution < 1.29 is 13.5 Å². The molecule has 1 heterocycles. The molecule has 110 valence electrons. The monoisotopic (exact) mass is 306 g/mol. The van der Waals surface area contributed by atoms with Gasteiger partial charge in [-0.2, -0.15) is 0 Å². The number of benzene rings is 2. The number of ether oxygens (including phenoxy) is 1. The zero-order valence-corrected chi connectivity index (χ0v) is 12.8. The van der Waals surface area contributed by atoms with E-state index in [1.54, 1.807) is 12.1 Å². The molecule has 1 nitrogen and oxygen atoms in total.